The number of carbonyl (C=O) groups excluding carboxylic acids is 1. The van der Waals surface area contributed by atoms with E-state index in [9.17, 15) is 4.79 Å². The summed E-state index contributed by atoms with van der Waals surface area (Å²) >= 11 is 0. The van der Waals surface area contributed by atoms with E-state index in [1.54, 1.807) is 32.4 Å². The van der Waals surface area contributed by atoms with Gasteiger partial charge in [0.05, 0.1) is 25.3 Å². The van der Waals surface area contributed by atoms with Crippen LogP contribution >= 0.6 is 0 Å². The number of ether oxygens (including phenoxy) is 3. The van der Waals surface area contributed by atoms with Crippen LogP contribution in [0.1, 0.15) is 44.0 Å². The zero-order valence-corrected chi connectivity index (χ0v) is 20.9. The quantitative estimate of drug-likeness (QED) is 0.501. The molecule has 1 aliphatic rings. The van der Waals surface area contributed by atoms with Gasteiger partial charge in [-0.2, -0.15) is 4.98 Å². The van der Waals surface area contributed by atoms with Gasteiger partial charge >= 0.3 is 5.97 Å². The molecular formula is C26H33N5O4. The summed E-state index contributed by atoms with van der Waals surface area (Å²) in [5.74, 6) is 1.90. The molecule has 0 bridgehead atoms. The number of hydrogen-bond donors (Lipinski definition) is 2. The third kappa shape index (κ3) is 5.67. The summed E-state index contributed by atoms with van der Waals surface area (Å²) in [5.41, 5.74) is 7.98. The van der Waals surface area contributed by atoms with Gasteiger partial charge in [-0.3, -0.25) is 0 Å². The molecule has 3 aromatic rings. The Balaban J connectivity index is 1.39. The van der Waals surface area contributed by atoms with E-state index < -0.39 is 5.60 Å². The number of benzene rings is 2. The first kappa shape index (κ1) is 24.4. The molecule has 2 heterocycles. The highest BCUT2D eigenvalue weighted by Crippen LogP contribution is 2.34. The lowest BCUT2D eigenvalue weighted by Gasteiger charge is -2.33. The van der Waals surface area contributed by atoms with Gasteiger partial charge in [0.1, 0.15) is 11.4 Å². The highest BCUT2D eigenvalue weighted by atomic mass is 16.6. The van der Waals surface area contributed by atoms with Crippen molar-refractivity contribution in [3.8, 4) is 11.5 Å². The van der Waals surface area contributed by atoms with E-state index in [4.69, 9.17) is 24.9 Å². The van der Waals surface area contributed by atoms with Gasteiger partial charge in [0, 0.05) is 36.3 Å². The fourth-order valence-corrected chi connectivity index (χ4v) is 4.11. The molecular weight excluding hydrogens is 446 g/mol. The molecule has 0 unspecified atom stereocenters. The topological polar surface area (TPSA) is 112 Å². The molecule has 186 valence electrons. The van der Waals surface area contributed by atoms with Crippen LogP contribution in [-0.2, 0) is 4.74 Å². The third-order valence-electron chi connectivity index (χ3n) is 5.89. The molecule has 0 saturated carbocycles. The van der Waals surface area contributed by atoms with Gasteiger partial charge in [-0.15, -0.1) is 0 Å². The molecule has 0 amide bonds. The summed E-state index contributed by atoms with van der Waals surface area (Å²) in [6, 6.07) is 11.4. The maximum absolute atomic E-state index is 12.2. The van der Waals surface area contributed by atoms with Gasteiger partial charge in [0.15, 0.2) is 11.5 Å². The summed E-state index contributed by atoms with van der Waals surface area (Å²) in [5, 5.41) is 4.30. The van der Waals surface area contributed by atoms with Gasteiger partial charge in [-0.1, -0.05) is 0 Å². The number of piperidine rings is 1. The molecule has 0 atom stereocenters. The Hall–Kier alpha value is -3.75. The number of nitrogen functional groups attached to an aromatic ring is 1. The number of aromatic nitrogens is 2. The number of hydrogen-bond acceptors (Lipinski definition) is 9. The predicted octanol–water partition coefficient (Wildman–Crippen LogP) is 4.27. The fourth-order valence-electron chi connectivity index (χ4n) is 4.11. The molecule has 9 nitrogen and oxygen atoms in total. The van der Waals surface area contributed by atoms with E-state index in [1.807, 2.05) is 39.0 Å². The second-order valence-corrected chi connectivity index (χ2v) is 9.62. The van der Waals surface area contributed by atoms with Crippen molar-refractivity contribution in [3.63, 3.8) is 0 Å². The molecule has 0 radical (unpaired) electrons. The van der Waals surface area contributed by atoms with Crippen LogP contribution in [-0.4, -0.2) is 54.9 Å². The molecule has 0 spiro atoms. The van der Waals surface area contributed by atoms with Crippen molar-refractivity contribution in [2.24, 2.45) is 0 Å². The van der Waals surface area contributed by atoms with Crippen LogP contribution in [0.4, 0.5) is 17.5 Å². The molecule has 35 heavy (non-hydrogen) atoms. The van der Waals surface area contributed by atoms with Crippen molar-refractivity contribution >= 4 is 34.3 Å². The van der Waals surface area contributed by atoms with Gasteiger partial charge in [0.25, 0.3) is 0 Å². The van der Waals surface area contributed by atoms with Gasteiger partial charge < -0.3 is 30.2 Å². The summed E-state index contributed by atoms with van der Waals surface area (Å²) in [4.78, 5) is 23.7. The number of carbonyl (C=O) groups is 1. The predicted molar refractivity (Wildman–Crippen MR) is 138 cm³/mol. The van der Waals surface area contributed by atoms with Crippen LogP contribution in [0.25, 0.3) is 10.9 Å². The maximum Gasteiger partial charge on any atom is 0.338 e. The molecule has 0 aliphatic carbocycles. The first-order chi connectivity index (χ1) is 16.7. The van der Waals surface area contributed by atoms with Crippen LogP contribution in [0.3, 0.4) is 0 Å². The average molecular weight is 480 g/mol. The Morgan fingerprint density at radius 3 is 2.26 bits per heavy atom. The van der Waals surface area contributed by atoms with Gasteiger partial charge in [0.2, 0.25) is 5.95 Å². The molecule has 1 aliphatic heterocycles. The third-order valence-corrected chi connectivity index (χ3v) is 5.89. The zero-order valence-electron chi connectivity index (χ0n) is 20.9. The average Bonchev–Trinajstić information content (AvgIpc) is 2.83. The number of rotatable bonds is 6. The van der Waals surface area contributed by atoms with Crippen molar-refractivity contribution in [1.29, 1.82) is 0 Å². The van der Waals surface area contributed by atoms with Gasteiger partial charge in [-0.25, -0.2) is 9.78 Å². The molecule has 1 fully saturated rings. The maximum atomic E-state index is 12.2. The van der Waals surface area contributed by atoms with Crippen molar-refractivity contribution in [1.82, 2.24) is 9.97 Å². The second kappa shape index (κ2) is 9.85. The molecule has 2 aromatic carbocycles. The first-order valence-corrected chi connectivity index (χ1v) is 11.7. The summed E-state index contributed by atoms with van der Waals surface area (Å²) in [6.45, 7) is 7.17. The van der Waals surface area contributed by atoms with E-state index in [0.29, 0.717) is 34.9 Å². The number of nitrogens with two attached hydrogens (primary N) is 1. The van der Waals surface area contributed by atoms with Gasteiger partial charge in [-0.05, 0) is 63.9 Å². The molecule has 1 aromatic heterocycles. The minimum Gasteiger partial charge on any atom is -0.493 e. The standard InChI is InChI=1S/C26H33N5O4/c1-26(2,3)35-24(32)16-6-8-17(9-7-16)28-18-10-12-31(13-11-18)25-29-20-15-22(34-5)21(33-4)14-19(20)23(27)30-25/h6-9,14-15,18,28H,10-13H2,1-5H3,(H2,27,29,30). The number of methoxy groups -OCH3 is 2. The second-order valence-electron chi connectivity index (χ2n) is 9.62. The van der Waals surface area contributed by atoms with Crippen molar-refractivity contribution < 1.29 is 19.0 Å². The molecule has 4 rings (SSSR count). The normalized spacial score (nSPS) is 14.6. The van der Waals surface area contributed by atoms with E-state index in [0.717, 1.165) is 42.5 Å². The lowest BCUT2D eigenvalue weighted by Crippen LogP contribution is -2.40. The van der Waals surface area contributed by atoms with Crippen LogP contribution in [0, 0.1) is 0 Å². The Morgan fingerprint density at radius 1 is 1.03 bits per heavy atom. The smallest absolute Gasteiger partial charge is 0.338 e. The zero-order chi connectivity index (χ0) is 25.2. The van der Waals surface area contributed by atoms with Crippen molar-refractivity contribution in [2.75, 3.05) is 43.3 Å². The van der Waals surface area contributed by atoms with Crippen LogP contribution < -0.4 is 25.4 Å². The Bertz CT molecular complexity index is 1200. The lowest BCUT2D eigenvalue weighted by molar-refractivity contribution is 0.00695. The minimum absolute atomic E-state index is 0.306. The largest absolute Gasteiger partial charge is 0.493 e. The number of anilines is 3. The molecule has 1 saturated heterocycles. The van der Waals surface area contributed by atoms with Crippen LogP contribution in [0.15, 0.2) is 36.4 Å². The van der Waals surface area contributed by atoms with Crippen LogP contribution in [0.2, 0.25) is 0 Å². The van der Waals surface area contributed by atoms with E-state index in [1.165, 1.54) is 0 Å². The molecule has 9 heteroatoms. The minimum atomic E-state index is -0.514. The summed E-state index contributed by atoms with van der Waals surface area (Å²) < 4.78 is 16.2. The number of nitrogens with zero attached hydrogens (tertiary/aromatic N) is 3. The molecule has 3 N–H and O–H groups in total. The van der Waals surface area contributed by atoms with Crippen molar-refractivity contribution in [3.05, 3.63) is 42.0 Å². The Morgan fingerprint density at radius 2 is 1.66 bits per heavy atom. The fraction of sp³-hybridized carbons (Fsp3) is 0.423. The number of fused-ring (bicyclic) bond motifs is 1. The van der Waals surface area contributed by atoms with E-state index >= 15 is 0 Å². The number of nitrogens with one attached hydrogen (secondary N) is 1. The summed E-state index contributed by atoms with van der Waals surface area (Å²) in [7, 11) is 3.18. The Labute approximate surface area is 205 Å². The highest BCUT2D eigenvalue weighted by molar-refractivity contribution is 5.92. The SMILES string of the molecule is COc1cc2nc(N3CCC(Nc4ccc(C(=O)OC(C)(C)C)cc4)CC3)nc(N)c2cc1OC. The Kier molecular flexibility index (Phi) is 6.86. The first-order valence-electron chi connectivity index (χ1n) is 11.7. The van der Waals surface area contributed by atoms with Crippen molar-refractivity contribution in [2.45, 2.75) is 45.3 Å². The van der Waals surface area contributed by atoms with Crippen LogP contribution in [0.5, 0.6) is 11.5 Å². The van der Waals surface area contributed by atoms with E-state index in [-0.39, 0.29) is 5.97 Å². The summed E-state index contributed by atoms with van der Waals surface area (Å²) in [6.07, 6.45) is 1.84. The van der Waals surface area contributed by atoms with E-state index in [2.05, 4.69) is 15.2 Å². The highest BCUT2D eigenvalue weighted by Gasteiger charge is 2.23. The monoisotopic (exact) mass is 479 g/mol. The lowest BCUT2D eigenvalue weighted by atomic mass is 10.0. The number of esters is 1.